The van der Waals surface area contributed by atoms with Crippen LogP contribution >= 0.6 is 34.2 Å². The first kappa shape index (κ1) is 13.4. The Balaban J connectivity index is 2.13. The molecule has 2 aromatic carbocycles. The molecule has 18 heavy (non-hydrogen) atoms. The summed E-state index contributed by atoms with van der Waals surface area (Å²) in [7, 11) is 0. The van der Waals surface area contributed by atoms with E-state index in [4.69, 9.17) is 11.6 Å². The zero-order valence-electron chi connectivity index (χ0n) is 9.49. The molecule has 0 aliphatic heterocycles. The van der Waals surface area contributed by atoms with Crippen molar-refractivity contribution in [2.75, 3.05) is 5.32 Å². The van der Waals surface area contributed by atoms with Crippen molar-refractivity contribution in [3.05, 3.63) is 63.2 Å². The molecule has 0 spiro atoms. The molecular formula is C14H11ClINO. The quantitative estimate of drug-likeness (QED) is 0.633. The summed E-state index contributed by atoms with van der Waals surface area (Å²) < 4.78 is 1.10. The first-order valence-corrected chi connectivity index (χ1v) is 7.02. The van der Waals surface area contributed by atoms with Gasteiger partial charge < -0.3 is 5.32 Å². The average molecular weight is 372 g/mol. The monoisotopic (exact) mass is 371 g/mol. The molecule has 0 bridgehead atoms. The largest absolute Gasteiger partial charge is 0.322 e. The van der Waals surface area contributed by atoms with Crippen molar-refractivity contribution in [1.29, 1.82) is 0 Å². The van der Waals surface area contributed by atoms with Gasteiger partial charge in [-0.05, 0) is 64.6 Å². The van der Waals surface area contributed by atoms with E-state index in [0.717, 1.165) is 14.8 Å². The Kier molecular flexibility index (Phi) is 4.60. The Labute approximate surface area is 124 Å². The van der Waals surface area contributed by atoms with E-state index in [1.54, 1.807) is 0 Å². The van der Waals surface area contributed by atoms with Crippen molar-refractivity contribution in [3.63, 3.8) is 0 Å². The van der Waals surface area contributed by atoms with Gasteiger partial charge in [-0.2, -0.15) is 0 Å². The lowest BCUT2D eigenvalue weighted by molar-refractivity contribution is 0.102. The number of hydrogen-bond acceptors (Lipinski definition) is 1. The molecule has 0 saturated heterocycles. The Hall–Kier alpha value is -1.07. The molecule has 92 valence electrons. The molecule has 4 heteroatoms. The van der Waals surface area contributed by atoms with Gasteiger partial charge in [0.1, 0.15) is 0 Å². The van der Waals surface area contributed by atoms with Gasteiger partial charge >= 0.3 is 0 Å². The van der Waals surface area contributed by atoms with Gasteiger partial charge in [0.15, 0.2) is 0 Å². The number of alkyl halides is 1. The van der Waals surface area contributed by atoms with Crippen LogP contribution in [0, 0.1) is 3.57 Å². The highest BCUT2D eigenvalue weighted by Gasteiger charge is 2.05. The number of halogens is 2. The van der Waals surface area contributed by atoms with Gasteiger partial charge in [0, 0.05) is 20.7 Å². The number of carbonyl (C=O) groups is 1. The van der Waals surface area contributed by atoms with Crippen LogP contribution in [-0.4, -0.2) is 5.91 Å². The molecule has 0 heterocycles. The van der Waals surface area contributed by atoms with Crippen molar-refractivity contribution < 1.29 is 4.79 Å². The number of rotatable bonds is 3. The molecule has 2 aromatic rings. The first-order chi connectivity index (χ1) is 8.69. The summed E-state index contributed by atoms with van der Waals surface area (Å²) in [5.41, 5.74) is 2.39. The molecule has 0 aliphatic rings. The van der Waals surface area contributed by atoms with E-state index in [1.807, 2.05) is 48.5 Å². The zero-order valence-corrected chi connectivity index (χ0v) is 12.4. The summed E-state index contributed by atoms with van der Waals surface area (Å²) in [5, 5.41) is 2.85. The molecule has 0 aromatic heterocycles. The van der Waals surface area contributed by atoms with Crippen molar-refractivity contribution >= 4 is 45.8 Å². The smallest absolute Gasteiger partial charge is 0.255 e. The lowest BCUT2D eigenvalue weighted by atomic mass is 10.2. The maximum Gasteiger partial charge on any atom is 0.255 e. The molecule has 2 rings (SSSR count). The van der Waals surface area contributed by atoms with Crippen LogP contribution in [0.4, 0.5) is 5.69 Å². The van der Waals surface area contributed by atoms with E-state index < -0.39 is 0 Å². The Morgan fingerprint density at radius 2 is 1.89 bits per heavy atom. The van der Waals surface area contributed by atoms with Crippen LogP contribution in [0.3, 0.4) is 0 Å². The molecule has 0 aliphatic carbocycles. The molecule has 1 N–H and O–H groups in total. The third-order valence-electron chi connectivity index (χ3n) is 2.45. The number of hydrogen-bond donors (Lipinski definition) is 1. The average Bonchev–Trinajstić information content (AvgIpc) is 2.39. The van der Waals surface area contributed by atoms with Crippen LogP contribution in [0.5, 0.6) is 0 Å². The van der Waals surface area contributed by atoms with Crippen LogP contribution < -0.4 is 5.32 Å². The van der Waals surface area contributed by atoms with Gasteiger partial charge in [-0.1, -0.05) is 12.1 Å². The second-order valence-corrected chi connectivity index (χ2v) is 5.31. The predicted molar refractivity (Wildman–Crippen MR) is 83.1 cm³/mol. The van der Waals surface area contributed by atoms with E-state index in [0.29, 0.717) is 11.4 Å². The minimum Gasteiger partial charge on any atom is -0.322 e. The number of amides is 1. The minimum atomic E-state index is -0.113. The highest BCUT2D eigenvalue weighted by molar-refractivity contribution is 14.1. The van der Waals surface area contributed by atoms with E-state index in [1.165, 1.54) is 0 Å². The van der Waals surface area contributed by atoms with E-state index in [-0.39, 0.29) is 5.91 Å². The SMILES string of the molecule is O=C(Nc1cccc(CCl)c1)c1ccc(I)cc1. The topological polar surface area (TPSA) is 29.1 Å². The van der Waals surface area contributed by atoms with Crippen molar-refractivity contribution in [2.45, 2.75) is 5.88 Å². The minimum absolute atomic E-state index is 0.113. The highest BCUT2D eigenvalue weighted by Crippen LogP contribution is 2.14. The standard InChI is InChI=1S/C14H11ClINO/c15-9-10-2-1-3-13(8-10)17-14(18)11-4-6-12(16)7-5-11/h1-8H,9H2,(H,17,18). The fourth-order valence-electron chi connectivity index (χ4n) is 1.54. The molecule has 0 saturated carbocycles. The summed E-state index contributed by atoms with van der Waals surface area (Å²) in [4.78, 5) is 12.0. The van der Waals surface area contributed by atoms with Gasteiger partial charge in [-0.3, -0.25) is 4.79 Å². The highest BCUT2D eigenvalue weighted by atomic mass is 127. The maximum atomic E-state index is 12.0. The Morgan fingerprint density at radius 1 is 1.17 bits per heavy atom. The van der Waals surface area contributed by atoms with Crippen LogP contribution in [0.15, 0.2) is 48.5 Å². The summed E-state index contributed by atoms with van der Waals surface area (Å²) >= 11 is 7.96. The molecule has 0 fully saturated rings. The summed E-state index contributed by atoms with van der Waals surface area (Å²) in [6.07, 6.45) is 0. The van der Waals surface area contributed by atoms with Crippen molar-refractivity contribution in [1.82, 2.24) is 0 Å². The summed E-state index contributed by atoms with van der Waals surface area (Å²) in [6, 6.07) is 15.0. The third kappa shape index (κ3) is 3.46. The Bertz CT molecular complexity index is 554. The van der Waals surface area contributed by atoms with Crippen LogP contribution in [0.2, 0.25) is 0 Å². The molecular weight excluding hydrogens is 361 g/mol. The van der Waals surface area contributed by atoms with Gasteiger partial charge in [0.25, 0.3) is 5.91 Å². The van der Waals surface area contributed by atoms with Crippen molar-refractivity contribution in [3.8, 4) is 0 Å². The number of benzene rings is 2. The Morgan fingerprint density at radius 3 is 2.56 bits per heavy atom. The van der Waals surface area contributed by atoms with Gasteiger partial charge in [-0.25, -0.2) is 0 Å². The molecule has 0 atom stereocenters. The lowest BCUT2D eigenvalue weighted by Gasteiger charge is -2.06. The second kappa shape index (κ2) is 6.20. The lowest BCUT2D eigenvalue weighted by Crippen LogP contribution is -2.11. The summed E-state index contributed by atoms with van der Waals surface area (Å²) in [5.74, 6) is 0.325. The number of nitrogens with one attached hydrogen (secondary N) is 1. The first-order valence-electron chi connectivity index (χ1n) is 5.41. The maximum absolute atomic E-state index is 12.0. The van der Waals surface area contributed by atoms with E-state index in [2.05, 4.69) is 27.9 Å². The fourth-order valence-corrected chi connectivity index (χ4v) is 2.06. The summed E-state index contributed by atoms with van der Waals surface area (Å²) in [6.45, 7) is 0. The third-order valence-corrected chi connectivity index (χ3v) is 3.47. The molecule has 0 radical (unpaired) electrons. The van der Waals surface area contributed by atoms with Gasteiger partial charge in [-0.15, -0.1) is 11.6 Å². The molecule has 0 unspecified atom stereocenters. The van der Waals surface area contributed by atoms with Crippen LogP contribution in [0.25, 0.3) is 0 Å². The molecule has 1 amide bonds. The second-order valence-electron chi connectivity index (χ2n) is 3.80. The normalized spacial score (nSPS) is 10.1. The molecule has 2 nitrogen and oxygen atoms in total. The van der Waals surface area contributed by atoms with Crippen LogP contribution in [-0.2, 0) is 5.88 Å². The van der Waals surface area contributed by atoms with Crippen LogP contribution in [0.1, 0.15) is 15.9 Å². The fraction of sp³-hybridized carbons (Fsp3) is 0.0714. The predicted octanol–water partition coefficient (Wildman–Crippen LogP) is 4.28. The van der Waals surface area contributed by atoms with Gasteiger partial charge in [0.2, 0.25) is 0 Å². The van der Waals surface area contributed by atoms with Crippen molar-refractivity contribution in [2.24, 2.45) is 0 Å². The number of carbonyl (C=O) groups excluding carboxylic acids is 1. The zero-order chi connectivity index (χ0) is 13.0. The van der Waals surface area contributed by atoms with E-state index >= 15 is 0 Å². The van der Waals surface area contributed by atoms with Gasteiger partial charge in [0.05, 0.1) is 0 Å². The van der Waals surface area contributed by atoms with E-state index in [9.17, 15) is 4.79 Å². The number of anilines is 1.